The lowest BCUT2D eigenvalue weighted by atomic mass is 10.2. The molecular weight excluding hydrogens is 411 g/mol. The SMILES string of the molecule is CCC1SCCSC1c1nc(Cl)c(I)c(C2CC2)n1. The summed E-state index contributed by atoms with van der Waals surface area (Å²) in [6, 6.07) is 0. The van der Waals surface area contributed by atoms with E-state index >= 15 is 0 Å². The van der Waals surface area contributed by atoms with E-state index in [1.165, 1.54) is 36.5 Å². The number of nitrogens with zero attached hydrogens (tertiary/aromatic N) is 2. The zero-order chi connectivity index (χ0) is 13.4. The molecule has 2 unspecified atom stereocenters. The van der Waals surface area contributed by atoms with Crippen molar-refractivity contribution in [3.8, 4) is 0 Å². The zero-order valence-corrected chi connectivity index (χ0v) is 15.3. The molecule has 1 aliphatic carbocycles. The molecule has 19 heavy (non-hydrogen) atoms. The first-order valence-corrected chi connectivity index (χ1v) is 10.2. The Balaban J connectivity index is 1.94. The van der Waals surface area contributed by atoms with Gasteiger partial charge in [0.1, 0.15) is 11.0 Å². The third-order valence-corrected chi connectivity index (χ3v) is 8.42. The van der Waals surface area contributed by atoms with E-state index in [-0.39, 0.29) is 0 Å². The van der Waals surface area contributed by atoms with Crippen molar-refractivity contribution in [2.75, 3.05) is 11.5 Å². The number of rotatable bonds is 3. The van der Waals surface area contributed by atoms with Crippen molar-refractivity contribution in [1.29, 1.82) is 0 Å². The Bertz CT molecular complexity index is 482. The molecule has 0 aromatic carbocycles. The van der Waals surface area contributed by atoms with Crippen LogP contribution in [0.4, 0.5) is 0 Å². The summed E-state index contributed by atoms with van der Waals surface area (Å²) in [4.78, 5) is 9.46. The molecule has 1 saturated carbocycles. The monoisotopic (exact) mass is 426 g/mol. The largest absolute Gasteiger partial charge is 0.235 e. The predicted molar refractivity (Wildman–Crippen MR) is 93.5 cm³/mol. The van der Waals surface area contributed by atoms with Crippen molar-refractivity contribution < 1.29 is 0 Å². The van der Waals surface area contributed by atoms with Gasteiger partial charge in [0.2, 0.25) is 0 Å². The van der Waals surface area contributed by atoms with Gasteiger partial charge in [0.05, 0.1) is 14.5 Å². The molecule has 2 nitrogen and oxygen atoms in total. The minimum Gasteiger partial charge on any atom is -0.235 e. The van der Waals surface area contributed by atoms with E-state index in [0.29, 0.717) is 21.6 Å². The van der Waals surface area contributed by atoms with Crippen molar-refractivity contribution in [3.63, 3.8) is 0 Å². The lowest BCUT2D eigenvalue weighted by molar-refractivity contribution is 0.738. The van der Waals surface area contributed by atoms with Crippen LogP contribution in [0.25, 0.3) is 0 Å². The second-order valence-electron chi connectivity index (χ2n) is 4.95. The standard InChI is InChI=1S/C13H16ClIN2S2/c1-2-8-11(19-6-5-18-8)13-16-10(7-3-4-7)9(15)12(14)17-13/h7-8,11H,2-6H2,1H3. The maximum atomic E-state index is 6.33. The maximum absolute atomic E-state index is 6.33. The summed E-state index contributed by atoms with van der Waals surface area (Å²) in [5.74, 6) is 4.04. The van der Waals surface area contributed by atoms with Gasteiger partial charge in [-0.05, 0) is 41.9 Å². The summed E-state index contributed by atoms with van der Waals surface area (Å²) in [7, 11) is 0. The highest BCUT2D eigenvalue weighted by molar-refractivity contribution is 14.1. The Kier molecular flexibility index (Phi) is 4.87. The average Bonchev–Trinajstić information content (AvgIpc) is 3.26. The molecule has 6 heteroatoms. The van der Waals surface area contributed by atoms with Gasteiger partial charge in [-0.2, -0.15) is 11.8 Å². The second-order valence-corrected chi connectivity index (χ2v) is 8.99. The fourth-order valence-corrected chi connectivity index (χ4v) is 6.21. The van der Waals surface area contributed by atoms with Gasteiger partial charge in [0.25, 0.3) is 0 Å². The summed E-state index contributed by atoms with van der Waals surface area (Å²) in [5, 5.41) is 1.69. The zero-order valence-electron chi connectivity index (χ0n) is 10.7. The smallest absolute Gasteiger partial charge is 0.146 e. The van der Waals surface area contributed by atoms with E-state index in [1.807, 2.05) is 11.8 Å². The van der Waals surface area contributed by atoms with Crippen LogP contribution in [-0.2, 0) is 0 Å². The summed E-state index contributed by atoms with van der Waals surface area (Å²) in [6.07, 6.45) is 3.69. The number of aromatic nitrogens is 2. The third-order valence-electron chi connectivity index (χ3n) is 3.52. The average molecular weight is 427 g/mol. The van der Waals surface area contributed by atoms with Crippen LogP contribution >= 0.6 is 57.7 Å². The maximum Gasteiger partial charge on any atom is 0.146 e. The van der Waals surface area contributed by atoms with Crippen molar-refractivity contribution in [2.45, 2.75) is 42.6 Å². The van der Waals surface area contributed by atoms with E-state index in [1.54, 1.807) is 0 Å². The summed E-state index contributed by atoms with van der Waals surface area (Å²) in [5.41, 5.74) is 1.20. The van der Waals surface area contributed by atoms with Crippen molar-refractivity contribution in [2.24, 2.45) is 0 Å². The van der Waals surface area contributed by atoms with E-state index in [4.69, 9.17) is 16.6 Å². The molecule has 2 aliphatic rings. The number of halogens is 2. The molecule has 1 saturated heterocycles. The van der Waals surface area contributed by atoms with E-state index in [9.17, 15) is 0 Å². The van der Waals surface area contributed by atoms with Gasteiger partial charge in [-0.15, -0.1) is 11.8 Å². The Morgan fingerprint density at radius 3 is 2.68 bits per heavy atom. The fourth-order valence-electron chi connectivity index (χ4n) is 2.35. The molecule has 1 aliphatic heterocycles. The molecular formula is C13H16ClIN2S2. The van der Waals surface area contributed by atoms with Crippen LogP contribution in [0.5, 0.6) is 0 Å². The minimum absolute atomic E-state index is 0.413. The quantitative estimate of drug-likeness (QED) is 0.506. The van der Waals surface area contributed by atoms with Crippen molar-refractivity contribution in [1.82, 2.24) is 9.97 Å². The first kappa shape index (κ1) is 14.7. The van der Waals surface area contributed by atoms with E-state index < -0.39 is 0 Å². The van der Waals surface area contributed by atoms with Crippen LogP contribution in [0, 0.1) is 3.57 Å². The molecule has 0 amide bonds. The van der Waals surface area contributed by atoms with Gasteiger partial charge in [0, 0.05) is 22.7 Å². The Labute approximate surface area is 141 Å². The topological polar surface area (TPSA) is 25.8 Å². The van der Waals surface area contributed by atoms with Crippen molar-refractivity contribution in [3.05, 3.63) is 20.2 Å². The van der Waals surface area contributed by atoms with Gasteiger partial charge in [-0.1, -0.05) is 18.5 Å². The normalized spacial score (nSPS) is 27.5. The number of hydrogen-bond acceptors (Lipinski definition) is 4. The van der Waals surface area contributed by atoms with E-state index in [2.05, 4.69) is 46.3 Å². The first-order chi connectivity index (χ1) is 9.20. The predicted octanol–water partition coefficient (Wildman–Crippen LogP) is 4.91. The summed E-state index contributed by atoms with van der Waals surface area (Å²) >= 11 is 12.7. The van der Waals surface area contributed by atoms with Crippen molar-refractivity contribution >= 4 is 57.7 Å². The molecule has 0 spiro atoms. The molecule has 1 aromatic heterocycles. The molecule has 0 N–H and O–H groups in total. The molecule has 2 atom stereocenters. The highest BCUT2D eigenvalue weighted by atomic mass is 127. The molecule has 104 valence electrons. The van der Waals surface area contributed by atoms with Gasteiger partial charge >= 0.3 is 0 Å². The highest BCUT2D eigenvalue weighted by Crippen LogP contribution is 2.46. The molecule has 0 radical (unpaired) electrons. The van der Waals surface area contributed by atoms with Gasteiger partial charge in [-0.25, -0.2) is 9.97 Å². The Morgan fingerprint density at radius 2 is 2.00 bits per heavy atom. The molecule has 0 bridgehead atoms. The van der Waals surface area contributed by atoms with Crippen LogP contribution in [0.3, 0.4) is 0 Å². The Morgan fingerprint density at radius 1 is 1.26 bits per heavy atom. The van der Waals surface area contributed by atoms with Gasteiger partial charge < -0.3 is 0 Å². The highest BCUT2D eigenvalue weighted by Gasteiger charge is 2.33. The first-order valence-electron chi connectivity index (χ1n) is 6.66. The van der Waals surface area contributed by atoms with Gasteiger partial charge in [-0.3, -0.25) is 0 Å². The molecule has 2 fully saturated rings. The third kappa shape index (κ3) is 3.19. The van der Waals surface area contributed by atoms with Crippen LogP contribution in [0.1, 0.15) is 48.9 Å². The van der Waals surface area contributed by atoms with Crippen LogP contribution in [-0.4, -0.2) is 26.7 Å². The Hall–Kier alpha value is 0.800. The second kappa shape index (κ2) is 6.28. The summed E-state index contributed by atoms with van der Waals surface area (Å²) in [6.45, 7) is 2.26. The lowest BCUT2D eigenvalue weighted by Crippen LogP contribution is -2.21. The van der Waals surface area contributed by atoms with E-state index in [0.717, 1.165) is 9.39 Å². The minimum atomic E-state index is 0.413. The van der Waals surface area contributed by atoms with Crippen LogP contribution in [0.2, 0.25) is 5.15 Å². The summed E-state index contributed by atoms with van der Waals surface area (Å²) < 4.78 is 1.06. The van der Waals surface area contributed by atoms with Gasteiger partial charge in [0.15, 0.2) is 0 Å². The van der Waals surface area contributed by atoms with Crippen LogP contribution in [0.15, 0.2) is 0 Å². The molecule has 2 heterocycles. The number of thioether (sulfide) groups is 2. The molecule has 3 rings (SSSR count). The molecule has 1 aromatic rings. The fraction of sp³-hybridized carbons (Fsp3) is 0.692. The number of hydrogen-bond donors (Lipinski definition) is 0. The lowest BCUT2D eigenvalue weighted by Gasteiger charge is -2.29. The van der Waals surface area contributed by atoms with Crippen LogP contribution < -0.4 is 0 Å².